The molecule has 5 heteroatoms. The average molecular weight is 408 g/mol. The second-order valence-electron chi connectivity index (χ2n) is 8.95. The van der Waals surface area contributed by atoms with Crippen LogP contribution in [0.15, 0.2) is 48.5 Å². The Morgan fingerprint density at radius 3 is 2.33 bits per heavy atom. The standard InChI is InChI=1S/C25H33N3O2/c1-18-17-28(19(2)16-26(18)3)24(22-7-6-8-23(29)15-22)20-9-11-21(12-10-20)25(30)27-13-4-5-14-27/h6-12,15,18-19,24,29H,4-5,13-14,16-17H2,1-3H3/t18-,19-,24-/m0/s1. The van der Waals surface area contributed by atoms with Crippen molar-refractivity contribution >= 4 is 5.91 Å². The zero-order chi connectivity index (χ0) is 21.3. The van der Waals surface area contributed by atoms with Crippen LogP contribution < -0.4 is 0 Å². The van der Waals surface area contributed by atoms with Gasteiger partial charge in [0, 0.05) is 43.8 Å². The van der Waals surface area contributed by atoms with E-state index >= 15 is 0 Å². The third-order valence-corrected chi connectivity index (χ3v) is 6.73. The predicted molar refractivity (Wildman–Crippen MR) is 120 cm³/mol. The van der Waals surface area contributed by atoms with E-state index in [9.17, 15) is 9.90 Å². The number of nitrogens with zero attached hydrogens (tertiary/aromatic N) is 3. The first-order chi connectivity index (χ1) is 14.4. The van der Waals surface area contributed by atoms with E-state index in [1.54, 1.807) is 6.07 Å². The smallest absolute Gasteiger partial charge is 0.253 e. The summed E-state index contributed by atoms with van der Waals surface area (Å²) < 4.78 is 0. The third-order valence-electron chi connectivity index (χ3n) is 6.73. The Bertz CT molecular complexity index is 876. The van der Waals surface area contributed by atoms with Gasteiger partial charge in [0.25, 0.3) is 5.91 Å². The lowest BCUT2D eigenvalue weighted by atomic mass is 9.93. The van der Waals surface area contributed by atoms with Crippen LogP contribution in [-0.4, -0.2) is 71.0 Å². The maximum Gasteiger partial charge on any atom is 0.253 e. The third kappa shape index (κ3) is 4.23. The lowest BCUT2D eigenvalue weighted by Gasteiger charge is -2.46. The minimum atomic E-state index is 0.0409. The zero-order valence-corrected chi connectivity index (χ0v) is 18.3. The Kier molecular flexibility index (Phi) is 6.11. The summed E-state index contributed by atoms with van der Waals surface area (Å²) in [6.07, 6.45) is 2.20. The SMILES string of the molecule is C[C@H]1CN([C@@H](c2ccc(C(=O)N3CCCC3)cc2)c2cccc(O)c2)[C@@H](C)CN1C. The number of carbonyl (C=O) groups excluding carboxylic acids is 1. The van der Waals surface area contributed by atoms with E-state index < -0.39 is 0 Å². The molecule has 0 unspecified atom stereocenters. The Morgan fingerprint density at radius 1 is 0.967 bits per heavy atom. The van der Waals surface area contributed by atoms with Gasteiger partial charge in [-0.15, -0.1) is 0 Å². The minimum Gasteiger partial charge on any atom is -0.508 e. The van der Waals surface area contributed by atoms with E-state index in [0.29, 0.717) is 12.1 Å². The summed E-state index contributed by atoms with van der Waals surface area (Å²) in [5.41, 5.74) is 2.99. The highest BCUT2D eigenvalue weighted by atomic mass is 16.3. The van der Waals surface area contributed by atoms with Gasteiger partial charge in [0.2, 0.25) is 0 Å². The fourth-order valence-corrected chi connectivity index (χ4v) is 4.87. The molecule has 1 amide bonds. The molecule has 160 valence electrons. The number of benzene rings is 2. The molecular weight excluding hydrogens is 374 g/mol. The summed E-state index contributed by atoms with van der Waals surface area (Å²) >= 11 is 0. The summed E-state index contributed by atoms with van der Waals surface area (Å²) in [5, 5.41) is 10.1. The van der Waals surface area contributed by atoms with Crippen molar-refractivity contribution in [3.05, 3.63) is 65.2 Å². The summed E-state index contributed by atoms with van der Waals surface area (Å²) in [6.45, 7) is 8.21. The van der Waals surface area contributed by atoms with Crippen LogP contribution in [0, 0.1) is 0 Å². The van der Waals surface area contributed by atoms with E-state index in [1.165, 1.54) is 0 Å². The summed E-state index contributed by atoms with van der Waals surface area (Å²) in [4.78, 5) is 19.6. The fourth-order valence-electron chi connectivity index (χ4n) is 4.87. The summed E-state index contributed by atoms with van der Waals surface area (Å²) in [5.74, 6) is 0.419. The molecule has 4 rings (SSSR count). The average Bonchev–Trinajstić information content (AvgIpc) is 3.27. The monoisotopic (exact) mass is 407 g/mol. The number of phenolic OH excluding ortho intramolecular Hbond substituents is 1. The van der Waals surface area contributed by atoms with Gasteiger partial charge in [-0.2, -0.15) is 0 Å². The first-order valence-corrected chi connectivity index (χ1v) is 11.1. The Balaban J connectivity index is 1.66. The highest BCUT2D eigenvalue weighted by Crippen LogP contribution is 2.34. The van der Waals surface area contributed by atoms with Gasteiger partial charge in [0.1, 0.15) is 5.75 Å². The van der Waals surface area contributed by atoms with Crippen molar-refractivity contribution in [2.75, 3.05) is 33.2 Å². The highest BCUT2D eigenvalue weighted by molar-refractivity contribution is 5.94. The number of piperazine rings is 1. The zero-order valence-electron chi connectivity index (χ0n) is 18.3. The first-order valence-electron chi connectivity index (χ1n) is 11.1. The number of amides is 1. The van der Waals surface area contributed by atoms with E-state index in [2.05, 4.69) is 48.9 Å². The molecule has 2 fully saturated rings. The Morgan fingerprint density at radius 2 is 1.67 bits per heavy atom. The van der Waals surface area contributed by atoms with Crippen molar-refractivity contribution in [1.82, 2.24) is 14.7 Å². The van der Waals surface area contributed by atoms with E-state index in [-0.39, 0.29) is 17.7 Å². The Hall–Kier alpha value is -2.37. The van der Waals surface area contributed by atoms with Crippen LogP contribution in [0.1, 0.15) is 54.2 Å². The normalized spacial score (nSPS) is 24.2. The van der Waals surface area contributed by atoms with Crippen LogP contribution >= 0.6 is 0 Å². The molecule has 5 nitrogen and oxygen atoms in total. The molecule has 0 spiro atoms. The summed E-state index contributed by atoms with van der Waals surface area (Å²) in [6, 6.07) is 16.6. The van der Waals surface area contributed by atoms with Gasteiger partial charge in [0.15, 0.2) is 0 Å². The van der Waals surface area contributed by atoms with Gasteiger partial charge in [-0.25, -0.2) is 0 Å². The van der Waals surface area contributed by atoms with Crippen molar-refractivity contribution in [3.63, 3.8) is 0 Å². The second-order valence-corrected chi connectivity index (χ2v) is 8.95. The van der Waals surface area contributed by atoms with Gasteiger partial charge >= 0.3 is 0 Å². The number of rotatable bonds is 4. The molecule has 0 aromatic heterocycles. The van der Waals surface area contributed by atoms with E-state index in [1.807, 2.05) is 29.2 Å². The molecule has 2 aromatic carbocycles. The van der Waals surface area contributed by atoms with Crippen LogP contribution in [0.4, 0.5) is 0 Å². The molecule has 1 N–H and O–H groups in total. The van der Waals surface area contributed by atoms with Crippen molar-refractivity contribution in [2.45, 2.75) is 44.8 Å². The first kappa shape index (κ1) is 20.9. The van der Waals surface area contributed by atoms with Crippen molar-refractivity contribution in [1.29, 1.82) is 0 Å². The molecule has 30 heavy (non-hydrogen) atoms. The van der Waals surface area contributed by atoms with Gasteiger partial charge in [-0.3, -0.25) is 9.69 Å². The number of phenols is 1. The van der Waals surface area contributed by atoms with Crippen LogP contribution in [-0.2, 0) is 0 Å². The van der Waals surface area contributed by atoms with Gasteiger partial charge in [-0.05, 0) is 69.1 Å². The van der Waals surface area contributed by atoms with Crippen molar-refractivity contribution in [3.8, 4) is 5.75 Å². The second kappa shape index (κ2) is 8.78. The molecule has 2 aliphatic rings. The molecule has 0 saturated carbocycles. The molecule has 2 saturated heterocycles. The number of hydrogen-bond acceptors (Lipinski definition) is 4. The minimum absolute atomic E-state index is 0.0409. The number of likely N-dealkylation sites (tertiary alicyclic amines) is 1. The van der Waals surface area contributed by atoms with Crippen LogP contribution in [0.2, 0.25) is 0 Å². The van der Waals surface area contributed by atoms with Gasteiger partial charge < -0.3 is 14.9 Å². The van der Waals surface area contributed by atoms with Crippen LogP contribution in [0.5, 0.6) is 5.75 Å². The molecule has 0 bridgehead atoms. The van der Waals surface area contributed by atoms with Crippen LogP contribution in [0.25, 0.3) is 0 Å². The highest BCUT2D eigenvalue weighted by Gasteiger charge is 2.33. The maximum absolute atomic E-state index is 12.8. The van der Waals surface area contributed by atoms with Crippen molar-refractivity contribution in [2.24, 2.45) is 0 Å². The molecule has 0 aliphatic carbocycles. The van der Waals surface area contributed by atoms with Crippen molar-refractivity contribution < 1.29 is 9.90 Å². The van der Waals surface area contributed by atoms with E-state index in [4.69, 9.17) is 0 Å². The quantitative estimate of drug-likeness (QED) is 0.839. The molecule has 2 aromatic rings. The van der Waals surface area contributed by atoms with Gasteiger partial charge in [0.05, 0.1) is 6.04 Å². The van der Waals surface area contributed by atoms with E-state index in [0.717, 1.165) is 55.7 Å². The Labute approximate surface area is 179 Å². The molecule has 0 radical (unpaired) electrons. The van der Waals surface area contributed by atoms with Crippen LogP contribution in [0.3, 0.4) is 0 Å². The number of hydrogen-bond donors (Lipinski definition) is 1. The summed E-state index contributed by atoms with van der Waals surface area (Å²) in [7, 11) is 2.18. The topological polar surface area (TPSA) is 47.0 Å². The molecular formula is C25H33N3O2. The molecule has 3 atom stereocenters. The number of likely N-dealkylation sites (N-methyl/N-ethyl adjacent to an activating group) is 1. The number of carbonyl (C=O) groups is 1. The lowest BCUT2D eigenvalue weighted by molar-refractivity contribution is 0.0389. The number of aromatic hydroxyl groups is 1. The molecule has 2 aliphatic heterocycles. The largest absolute Gasteiger partial charge is 0.508 e. The maximum atomic E-state index is 12.8. The molecule has 2 heterocycles. The fraction of sp³-hybridized carbons (Fsp3) is 0.480. The van der Waals surface area contributed by atoms with Gasteiger partial charge in [-0.1, -0.05) is 24.3 Å². The lowest BCUT2D eigenvalue weighted by Crippen LogP contribution is -2.55. The predicted octanol–water partition coefficient (Wildman–Crippen LogP) is 3.74.